The van der Waals surface area contributed by atoms with Crippen molar-refractivity contribution in [2.45, 2.75) is 91.0 Å². The van der Waals surface area contributed by atoms with Gasteiger partial charge in [-0.2, -0.15) is 0 Å². The van der Waals surface area contributed by atoms with Gasteiger partial charge in [0.05, 0.1) is 13.2 Å². The average molecular weight is 562 g/mol. The number of nitrogens with zero attached hydrogens (tertiary/aromatic N) is 2. The van der Waals surface area contributed by atoms with E-state index in [0.29, 0.717) is 25.1 Å². The van der Waals surface area contributed by atoms with Crippen molar-refractivity contribution in [3.63, 3.8) is 0 Å². The lowest BCUT2D eigenvalue weighted by atomic mass is 9.91. The van der Waals surface area contributed by atoms with E-state index >= 15 is 0 Å². The van der Waals surface area contributed by atoms with Crippen LogP contribution in [0.2, 0.25) is 0 Å². The molecule has 182 valence electrons. The number of pyridine rings is 1. The van der Waals surface area contributed by atoms with Crippen molar-refractivity contribution in [3.05, 3.63) is 23.9 Å². The van der Waals surface area contributed by atoms with Crippen LogP contribution in [0.1, 0.15) is 72.3 Å². The number of carbonyl (C=O) groups is 1. The SMILES string of the molecule is CCCOc1ccc(CN=C(NCC)NC2CCC(NC(=O)OC(C)(C)C)CC2)cn1.I. The van der Waals surface area contributed by atoms with Gasteiger partial charge >= 0.3 is 6.09 Å². The average Bonchev–Trinajstić information content (AvgIpc) is 2.71. The second kappa shape index (κ2) is 14.4. The summed E-state index contributed by atoms with van der Waals surface area (Å²) in [6, 6.07) is 4.38. The van der Waals surface area contributed by atoms with Crippen LogP contribution < -0.4 is 20.7 Å². The van der Waals surface area contributed by atoms with Gasteiger partial charge in [-0.1, -0.05) is 13.0 Å². The first-order valence-electron chi connectivity index (χ1n) is 11.4. The fourth-order valence-electron chi connectivity index (χ4n) is 3.34. The zero-order valence-electron chi connectivity index (χ0n) is 20.1. The highest BCUT2D eigenvalue weighted by Gasteiger charge is 2.25. The number of aromatic nitrogens is 1. The number of amides is 1. The Morgan fingerprint density at radius 1 is 1.12 bits per heavy atom. The van der Waals surface area contributed by atoms with Gasteiger partial charge in [-0.15, -0.1) is 24.0 Å². The fraction of sp³-hybridized carbons (Fsp3) is 0.696. The van der Waals surface area contributed by atoms with E-state index in [1.165, 1.54) is 0 Å². The van der Waals surface area contributed by atoms with Crippen LogP contribution in [0.15, 0.2) is 23.3 Å². The number of hydrogen-bond donors (Lipinski definition) is 3. The summed E-state index contributed by atoms with van der Waals surface area (Å²) >= 11 is 0. The number of halogens is 1. The Morgan fingerprint density at radius 2 is 1.78 bits per heavy atom. The predicted molar refractivity (Wildman–Crippen MR) is 139 cm³/mol. The minimum Gasteiger partial charge on any atom is -0.478 e. The second-order valence-corrected chi connectivity index (χ2v) is 8.89. The third kappa shape index (κ3) is 11.2. The highest BCUT2D eigenvalue weighted by atomic mass is 127. The molecule has 0 bridgehead atoms. The summed E-state index contributed by atoms with van der Waals surface area (Å²) < 4.78 is 10.9. The Labute approximate surface area is 209 Å². The monoisotopic (exact) mass is 561 g/mol. The van der Waals surface area contributed by atoms with Gasteiger partial charge in [0, 0.05) is 30.9 Å². The summed E-state index contributed by atoms with van der Waals surface area (Å²) in [7, 11) is 0. The molecule has 8 nitrogen and oxygen atoms in total. The summed E-state index contributed by atoms with van der Waals surface area (Å²) in [4.78, 5) is 21.0. The van der Waals surface area contributed by atoms with Gasteiger partial charge in [-0.05, 0) is 65.4 Å². The summed E-state index contributed by atoms with van der Waals surface area (Å²) in [5.41, 5.74) is 0.560. The van der Waals surface area contributed by atoms with Crippen LogP contribution in [-0.2, 0) is 11.3 Å². The summed E-state index contributed by atoms with van der Waals surface area (Å²) in [5.74, 6) is 1.45. The van der Waals surface area contributed by atoms with Gasteiger partial charge in [0.2, 0.25) is 5.88 Å². The number of aliphatic imine (C=N–C) groups is 1. The molecule has 0 aliphatic heterocycles. The van der Waals surface area contributed by atoms with Crippen molar-refractivity contribution in [2.75, 3.05) is 13.2 Å². The van der Waals surface area contributed by atoms with Crippen molar-refractivity contribution in [1.29, 1.82) is 0 Å². The van der Waals surface area contributed by atoms with Gasteiger partial charge in [0.15, 0.2) is 5.96 Å². The normalized spacial score (nSPS) is 18.8. The molecule has 1 fully saturated rings. The number of carbonyl (C=O) groups excluding carboxylic acids is 1. The van der Waals surface area contributed by atoms with Crippen molar-refractivity contribution in [3.8, 4) is 5.88 Å². The molecule has 0 spiro atoms. The maximum Gasteiger partial charge on any atom is 0.407 e. The van der Waals surface area contributed by atoms with Crippen LogP contribution in [0.3, 0.4) is 0 Å². The highest BCUT2D eigenvalue weighted by Crippen LogP contribution is 2.19. The topological polar surface area (TPSA) is 96.9 Å². The van der Waals surface area contributed by atoms with Crippen molar-refractivity contribution >= 4 is 36.0 Å². The number of rotatable bonds is 8. The van der Waals surface area contributed by atoms with E-state index in [1.54, 1.807) is 0 Å². The smallest absolute Gasteiger partial charge is 0.407 e. The Hall–Kier alpha value is -1.78. The third-order valence-corrected chi connectivity index (χ3v) is 4.80. The molecule has 0 atom stereocenters. The van der Waals surface area contributed by atoms with Crippen molar-refractivity contribution in [1.82, 2.24) is 20.9 Å². The molecule has 1 aliphatic rings. The van der Waals surface area contributed by atoms with Crippen molar-refractivity contribution in [2.24, 2.45) is 4.99 Å². The van der Waals surface area contributed by atoms with Crippen molar-refractivity contribution < 1.29 is 14.3 Å². The number of nitrogens with one attached hydrogen (secondary N) is 3. The van der Waals surface area contributed by atoms with Crippen LogP contribution in [0.4, 0.5) is 4.79 Å². The molecule has 0 aromatic carbocycles. The first-order valence-corrected chi connectivity index (χ1v) is 11.4. The van der Waals surface area contributed by atoms with Crippen LogP contribution >= 0.6 is 24.0 Å². The fourth-order valence-corrected chi connectivity index (χ4v) is 3.34. The largest absolute Gasteiger partial charge is 0.478 e. The molecule has 2 rings (SSSR count). The first kappa shape index (κ1) is 28.3. The molecule has 3 N–H and O–H groups in total. The first-order chi connectivity index (χ1) is 14.8. The van der Waals surface area contributed by atoms with Gasteiger partial charge in [-0.25, -0.2) is 14.8 Å². The molecule has 0 saturated heterocycles. The number of alkyl carbamates (subject to hydrolysis) is 1. The van der Waals surface area contributed by atoms with Gasteiger partial charge in [0.25, 0.3) is 0 Å². The molecule has 0 radical (unpaired) electrons. The van der Waals surface area contributed by atoms with Crippen LogP contribution in [0.5, 0.6) is 5.88 Å². The quantitative estimate of drug-likeness (QED) is 0.248. The molecule has 1 saturated carbocycles. The van der Waals surface area contributed by atoms with E-state index in [0.717, 1.165) is 50.2 Å². The Kier molecular flexibility index (Phi) is 12.7. The number of hydrogen-bond acceptors (Lipinski definition) is 5. The van der Waals surface area contributed by atoms with E-state index < -0.39 is 5.60 Å². The minimum absolute atomic E-state index is 0. The van der Waals surface area contributed by atoms with E-state index in [1.807, 2.05) is 39.1 Å². The van der Waals surface area contributed by atoms with Gasteiger partial charge in [-0.3, -0.25) is 0 Å². The van der Waals surface area contributed by atoms with E-state index in [2.05, 4.69) is 34.8 Å². The zero-order valence-corrected chi connectivity index (χ0v) is 22.4. The van der Waals surface area contributed by atoms with Crippen LogP contribution in [0.25, 0.3) is 0 Å². The van der Waals surface area contributed by atoms with E-state index in [4.69, 9.17) is 14.5 Å². The molecule has 9 heteroatoms. The maximum atomic E-state index is 12.0. The minimum atomic E-state index is -0.474. The van der Waals surface area contributed by atoms with E-state index in [9.17, 15) is 4.79 Å². The standard InChI is InChI=1S/C23H39N5O3.HI/c1-6-14-30-20-13-8-17(15-25-20)16-26-21(24-7-2)27-18-9-11-19(12-10-18)28-22(29)31-23(3,4)5;/h8,13,15,18-19H,6-7,9-12,14,16H2,1-5H3,(H,28,29)(H2,24,26,27);1H. The van der Waals surface area contributed by atoms with Crippen LogP contribution in [0, 0.1) is 0 Å². The lowest BCUT2D eigenvalue weighted by Crippen LogP contribution is -2.48. The Bertz CT molecular complexity index is 699. The zero-order chi connectivity index (χ0) is 22.7. The molecule has 1 heterocycles. The lowest BCUT2D eigenvalue weighted by molar-refractivity contribution is 0.0490. The number of ether oxygens (including phenoxy) is 2. The third-order valence-electron chi connectivity index (χ3n) is 4.80. The highest BCUT2D eigenvalue weighted by molar-refractivity contribution is 14.0. The number of guanidine groups is 1. The van der Waals surface area contributed by atoms with E-state index in [-0.39, 0.29) is 36.1 Å². The molecule has 1 aliphatic carbocycles. The van der Waals surface area contributed by atoms with Crippen LogP contribution in [-0.4, -0.2) is 47.9 Å². The summed E-state index contributed by atoms with van der Waals surface area (Å²) in [6.45, 7) is 11.8. The molecule has 1 aromatic heterocycles. The molecular formula is C23H40IN5O3. The molecule has 1 aromatic rings. The molecular weight excluding hydrogens is 521 g/mol. The Morgan fingerprint density at radius 3 is 2.31 bits per heavy atom. The Balaban J connectivity index is 0.00000512. The maximum absolute atomic E-state index is 12.0. The lowest BCUT2D eigenvalue weighted by Gasteiger charge is -2.31. The second-order valence-electron chi connectivity index (χ2n) is 8.89. The summed E-state index contributed by atoms with van der Waals surface area (Å²) in [5, 5.41) is 9.83. The summed E-state index contributed by atoms with van der Waals surface area (Å²) in [6.07, 6.45) is 6.21. The molecule has 1 amide bonds. The van der Waals surface area contributed by atoms with Gasteiger partial charge < -0.3 is 25.4 Å². The molecule has 0 unspecified atom stereocenters. The predicted octanol–water partition coefficient (Wildman–Crippen LogP) is 4.38. The molecule has 32 heavy (non-hydrogen) atoms. The van der Waals surface area contributed by atoms with Gasteiger partial charge in [0.1, 0.15) is 5.60 Å².